The van der Waals surface area contributed by atoms with Crippen molar-refractivity contribution in [3.05, 3.63) is 57.5 Å². The van der Waals surface area contributed by atoms with Gasteiger partial charge in [-0.05, 0) is 55.5 Å². The van der Waals surface area contributed by atoms with Crippen LogP contribution in [0, 0.1) is 13.8 Å². The zero-order valence-corrected chi connectivity index (χ0v) is 15.5. The predicted octanol–water partition coefficient (Wildman–Crippen LogP) is 3.76. The third kappa shape index (κ3) is 2.77. The number of benzene rings is 1. The molecule has 1 fully saturated rings. The fourth-order valence-corrected chi connectivity index (χ4v) is 3.71. The second-order valence-electron chi connectivity index (χ2n) is 7.09. The minimum absolute atomic E-state index is 0.169. The van der Waals surface area contributed by atoms with Crippen molar-refractivity contribution in [2.75, 3.05) is 12.4 Å². The van der Waals surface area contributed by atoms with Crippen molar-refractivity contribution < 1.29 is 9.90 Å². The molecular formula is C21H21N3O3. The van der Waals surface area contributed by atoms with Crippen LogP contribution < -0.4 is 10.7 Å². The van der Waals surface area contributed by atoms with Gasteiger partial charge >= 0.3 is 5.97 Å². The number of fused-ring (bicyclic) bond motifs is 1. The van der Waals surface area contributed by atoms with Gasteiger partial charge in [-0.25, -0.2) is 9.78 Å². The van der Waals surface area contributed by atoms with E-state index < -0.39 is 11.4 Å². The lowest BCUT2D eigenvalue weighted by molar-refractivity contribution is 0.0695. The Hall–Kier alpha value is -3.15. The molecule has 4 rings (SSSR count). The average molecular weight is 363 g/mol. The normalized spacial score (nSPS) is 13.7. The standard InChI is InChI=1S/C21H21N3O3/c1-11-8-13(9-23-20(11)22-3)15-6-7-16-18(12(15)2)24(14-4-5-14)10-17(19(16)25)21(26)27/h6-10,14H,4-5H2,1-3H3,(H,22,23)(H,26,27). The van der Waals surface area contributed by atoms with E-state index in [1.807, 2.05) is 37.7 Å². The summed E-state index contributed by atoms with van der Waals surface area (Å²) in [6.45, 7) is 3.98. The van der Waals surface area contributed by atoms with E-state index in [0.29, 0.717) is 5.39 Å². The zero-order chi connectivity index (χ0) is 19.3. The highest BCUT2D eigenvalue weighted by atomic mass is 16.4. The smallest absolute Gasteiger partial charge is 0.341 e. The van der Waals surface area contributed by atoms with E-state index in [9.17, 15) is 14.7 Å². The van der Waals surface area contributed by atoms with Crippen molar-refractivity contribution in [2.24, 2.45) is 0 Å². The zero-order valence-electron chi connectivity index (χ0n) is 15.5. The van der Waals surface area contributed by atoms with Crippen molar-refractivity contribution in [3.8, 4) is 11.1 Å². The maximum Gasteiger partial charge on any atom is 0.341 e. The topological polar surface area (TPSA) is 84.2 Å². The number of rotatable bonds is 4. The van der Waals surface area contributed by atoms with Gasteiger partial charge in [0.1, 0.15) is 11.4 Å². The Kier molecular flexibility index (Phi) is 3.98. The van der Waals surface area contributed by atoms with Crippen molar-refractivity contribution >= 4 is 22.7 Å². The largest absolute Gasteiger partial charge is 0.477 e. The summed E-state index contributed by atoms with van der Waals surface area (Å²) >= 11 is 0. The molecule has 0 radical (unpaired) electrons. The number of nitrogens with one attached hydrogen (secondary N) is 1. The van der Waals surface area contributed by atoms with Crippen molar-refractivity contribution in [1.82, 2.24) is 9.55 Å². The molecule has 1 aliphatic carbocycles. The molecule has 2 N–H and O–H groups in total. The predicted molar refractivity (Wildman–Crippen MR) is 106 cm³/mol. The number of hydrogen-bond acceptors (Lipinski definition) is 4. The van der Waals surface area contributed by atoms with Gasteiger partial charge < -0.3 is 15.0 Å². The van der Waals surface area contributed by atoms with Crippen LogP contribution in [-0.2, 0) is 0 Å². The van der Waals surface area contributed by atoms with E-state index in [1.54, 1.807) is 6.07 Å². The Morgan fingerprint density at radius 2 is 2.04 bits per heavy atom. The first-order chi connectivity index (χ1) is 12.9. The van der Waals surface area contributed by atoms with Crippen molar-refractivity contribution in [2.45, 2.75) is 32.7 Å². The summed E-state index contributed by atoms with van der Waals surface area (Å²) in [5, 5.41) is 12.9. The second-order valence-corrected chi connectivity index (χ2v) is 7.09. The van der Waals surface area contributed by atoms with E-state index in [1.165, 1.54) is 6.20 Å². The molecule has 0 amide bonds. The van der Waals surface area contributed by atoms with Crippen LogP contribution in [0.5, 0.6) is 0 Å². The number of anilines is 1. The van der Waals surface area contributed by atoms with E-state index >= 15 is 0 Å². The molecule has 0 bridgehead atoms. The Labute approximate surface area is 156 Å². The van der Waals surface area contributed by atoms with E-state index in [-0.39, 0.29) is 11.6 Å². The van der Waals surface area contributed by atoms with Gasteiger partial charge in [0.25, 0.3) is 0 Å². The van der Waals surface area contributed by atoms with Crippen LogP contribution in [0.4, 0.5) is 5.82 Å². The highest BCUT2D eigenvalue weighted by Crippen LogP contribution is 2.39. The molecule has 0 saturated heterocycles. The van der Waals surface area contributed by atoms with Gasteiger partial charge in [-0.2, -0.15) is 0 Å². The summed E-state index contributed by atoms with van der Waals surface area (Å²) in [5.74, 6) is -0.348. The van der Waals surface area contributed by atoms with E-state index in [0.717, 1.165) is 46.4 Å². The van der Waals surface area contributed by atoms with Crippen molar-refractivity contribution in [1.29, 1.82) is 0 Å². The third-order valence-corrected chi connectivity index (χ3v) is 5.24. The Morgan fingerprint density at radius 3 is 2.63 bits per heavy atom. The third-order valence-electron chi connectivity index (χ3n) is 5.24. The number of nitrogens with zero attached hydrogens (tertiary/aromatic N) is 2. The molecule has 1 aliphatic rings. The highest BCUT2D eigenvalue weighted by Gasteiger charge is 2.28. The molecule has 0 aliphatic heterocycles. The summed E-state index contributed by atoms with van der Waals surface area (Å²) in [5.41, 5.74) is 4.20. The Bertz CT molecular complexity index is 1140. The number of aromatic carboxylic acids is 1. The molecule has 27 heavy (non-hydrogen) atoms. The minimum Gasteiger partial charge on any atom is -0.477 e. The monoisotopic (exact) mass is 363 g/mol. The number of carboxylic acids is 1. The van der Waals surface area contributed by atoms with Gasteiger partial charge in [0.2, 0.25) is 5.43 Å². The number of aromatic nitrogens is 2. The number of carboxylic acid groups (broad SMARTS) is 1. The number of aryl methyl sites for hydroxylation is 2. The first-order valence-electron chi connectivity index (χ1n) is 8.99. The van der Waals surface area contributed by atoms with Crippen LogP contribution in [0.25, 0.3) is 22.0 Å². The number of hydrogen-bond donors (Lipinski definition) is 2. The molecule has 1 saturated carbocycles. The summed E-state index contributed by atoms with van der Waals surface area (Å²) in [6, 6.07) is 5.95. The first kappa shape index (κ1) is 17.3. The van der Waals surface area contributed by atoms with Gasteiger partial charge in [-0.15, -0.1) is 0 Å². The molecule has 138 valence electrons. The van der Waals surface area contributed by atoms with Crippen LogP contribution in [0.15, 0.2) is 35.4 Å². The van der Waals surface area contributed by atoms with Gasteiger partial charge in [0.15, 0.2) is 0 Å². The van der Waals surface area contributed by atoms with Crippen LogP contribution in [0.2, 0.25) is 0 Å². The lowest BCUT2D eigenvalue weighted by atomic mass is 9.97. The van der Waals surface area contributed by atoms with Crippen LogP contribution in [0.1, 0.15) is 40.4 Å². The molecule has 6 heteroatoms. The quantitative estimate of drug-likeness (QED) is 0.737. The van der Waals surface area contributed by atoms with Gasteiger partial charge in [-0.1, -0.05) is 6.07 Å². The first-order valence-corrected chi connectivity index (χ1v) is 8.99. The highest BCUT2D eigenvalue weighted by molar-refractivity contribution is 5.95. The molecule has 0 spiro atoms. The average Bonchev–Trinajstić information content (AvgIpc) is 3.47. The number of pyridine rings is 2. The fraction of sp³-hybridized carbons (Fsp3) is 0.286. The SMILES string of the molecule is CNc1ncc(-c2ccc3c(=O)c(C(=O)O)cn(C4CC4)c3c2C)cc1C. The molecule has 6 nitrogen and oxygen atoms in total. The van der Waals surface area contributed by atoms with Crippen LogP contribution >= 0.6 is 0 Å². The lowest BCUT2D eigenvalue weighted by Gasteiger charge is -2.17. The summed E-state index contributed by atoms with van der Waals surface area (Å²) in [6.07, 6.45) is 5.32. The second kappa shape index (κ2) is 6.23. The molecule has 1 aromatic carbocycles. The molecule has 2 aromatic heterocycles. The van der Waals surface area contributed by atoms with Gasteiger partial charge in [0.05, 0.1) is 5.52 Å². The van der Waals surface area contributed by atoms with Crippen LogP contribution in [-0.4, -0.2) is 27.7 Å². The fourth-order valence-electron chi connectivity index (χ4n) is 3.71. The Balaban J connectivity index is 2.01. The van der Waals surface area contributed by atoms with Crippen LogP contribution in [0.3, 0.4) is 0 Å². The number of carbonyl (C=O) groups is 1. The van der Waals surface area contributed by atoms with E-state index in [4.69, 9.17) is 0 Å². The summed E-state index contributed by atoms with van der Waals surface area (Å²) in [4.78, 5) is 28.7. The maximum absolute atomic E-state index is 12.7. The molecular weight excluding hydrogens is 342 g/mol. The van der Waals surface area contributed by atoms with Gasteiger partial charge in [-0.3, -0.25) is 4.79 Å². The Morgan fingerprint density at radius 1 is 1.30 bits per heavy atom. The molecule has 2 heterocycles. The summed E-state index contributed by atoms with van der Waals surface area (Å²) < 4.78 is 1.97. The minimum atomic E-state index is -1.18. The molecule has 3 aromatic rings. The molecule has 0 atom stereocenters. The van der Waals surface area contributed by atoms with Gasteiger partial charge in [0, 0.05) is 36.4 Å². The molecule has 0 unspecified atom stereocenters. The lowest BCUT2D eigenvalue weighted by Crippen LogP contribution is -2.19. The van der Waals surface area contributed by atoms with Crippen molar-refractivity contribution in [3.63, 3.8) is 0 Å². The van der Waals surface area contributed by atoms with E-state index in [2.05, 4.69) is 16.4 Å². The maximum atomic E-state index is 12.7. The summed E-state index contributed by atoms with van der Waals surface area (Å²) in [7, 11) is 1.84.